The van der Waals surface area contributed by atoms with Crippen molar-refractivity contribution < 1.29 is 9.59 Å². The molecule has 2 amide bonds. The van der Waals surface area contributed by atoms with Gasteiger partial charge in [0.05, 0.1) is 98.9 Å². The summed E-state index contributed by atoms with van der Waals surface area (Å²) in [6.07, 6.45) is 0.692. The van der Waals surface area contributed by atoms with Gasteiger partial charge in [0.1, 0.15) is 0 Å². The average Bonchev–Trinajstić information content (AvgIpc) is 2.76. The van der Waals surface area contributed by atoms with Crippen molar-refractivity contribution in [1.82, 2.24) is 9.80 Å². The molecule has 1 atom stereocenters. The molecule has 2 heterocycles. The van der Waals surface area contributed by atoms with E-state index in [4.69, 9.17) is 86.3 Å². The van der Waals surface area contributed by atoms with Crippen LogP contribution in [0.2, 0.25) is 31.4 Å². The molecule has 1 aromatic rings. The van der Waals surface area contributed by atoms with Crippen LogP contribution >= 0.6 is 0 Å². The van der Waals surface area contributed by atoms with Crippen molar-refractivity contribution in [3.8, 4) is 0 Å². The van der Waals surface area contributed by atoms with E-state index in [9.17, 15) is 9.59 Å². The van der Waals surface area contributed by atoms with E-state index in [0.717, 1.165) is 16.0 Å². The van der Waals surface area contributed by atoms with Gasteiger partial charge in [0.15, 0.2) is 0 Å². The zero-order valence-electron chi connectivity index (χ0n) is 18.8. The molecule has 0 bridgehead atoms. The fraction of sp³-hybridized carbons (Fsp3) is 0.579. The summed E-state index contributed by atoms with van der Waals surface area (Å²) in [7, 11) is 68.4. The summed E-state index contributed by atoms with van der Waals surface area (Å²) in [5.74, 6) is -1.34. The first-order chi connectivity index (χ1) is 15.4. The van der Waals surface area contributed by atoms with Crippen molar-refractivity contribution in [2.45, 2.75) is 43.8 Å². The maximum atomic E-state index is 14.0. The maximum Gasteiger partial charge on any atom is 0.242 e. The van der Waals surface area contributed by atoms with Gasteiger partial charge in [0.25, 0.3) is 0 Å². The molecule has 4 nitrogen and oxygen atoms in total. The van der Waals surface area contributed by atoms with Gasteiger partial charge in [-0.3, -0.25) is 9.59 Å². The van der Waals surface area contributed by atoms with E-state index in [1.807, 2.05) is 24.3 Å². The molecule has 15 heteroatoms. The fourth-order valence-corrected chi connectivity index (χ4v) is 5.45. The molecule has 0 aromatic heterocycles. The SMILES string of the molecule is [B]C1([B])C([B])([B])C([B])([B])C([B])(C(=O)N2CC(=O)N3CCc4ccccc4C3C2)C([B])([B])C1([B])[B]. The average molecular weight is 420 g/mol. The van der Waals surface area contributed by atoms with Crippen molar-refractivity contribution in [2.75, 3.05) is 19.6 Å². The Morgan fingerprint density at radius 3 is 1.85 bits per heavy atom. The molecule has 1 aromatic carbocycles. The molecule has 0 N–H and O–H groups in total. The highest BCUT2D eigenvalue weighted by atomic mass is 16.2. The van der Waals surface area contributed by atoms with Gasteiger partial charge in [-0.05, 0) is 22.9 Å². The molecular formula is C19H13B11N2O2. The van der Waals surface area contributed by atoms with Gasteiger partial charge in [-0.25, -0.2) is 0 Å². The smallest absolute Gasteiger partial charge is 0.242 e. The highest BCUT2D eigenvalue weighted by Crippen LogP contribution is 2.86. The Morgan fingerprint density at radius 2 is 1.29 bits per heavy atom. The van der Waals surface area contributed by atoms with E-state index in [2.05, 4.69) is 0 Å². The number of fused-ring (bicyclic) bond motifs is 3. The molecular weight excluding hydrogens is 407 g/mol. The number of carbonyl (C=O) groups excluding carboxylic acids is 2. The van der Waals surface area contributed by atoms with Crippen molar-refractivity contribution >= 4 is 98.1 Å². The van der Waals surface area contributed by atoms with Gasteiger partial charge in [0, 0.05) is 13.1 Å². The van der Waals surface area contributed by atoms with Crippen LogP contribution in [0.25, 0.3) is 0 Å². The van der Waals surface area contributed by atoms with E-state index < -0.39 is 43.3 Å². The van der Waals surface area contributed by atoms with E-state index in [1.165, 1.54) is 0 Å². The molecule has 1 saturated heterocycles. The zero-order chi connectivity index (χ0) is 25.7. The topological polar surface area (TPSA) is 40.6 Å². The number of piperazine rings is 1. The van der Waals surface area contributed by atoms with Gasteiger partial charge in [-0.2, -0.15) is 0 Å². The van der Waals surface area contributed by atoms with Gasteiger partial charge in [-0.1, -0.05) is 24.3 Å². The number of benzene rings is 1. The Labute approximate surface area is 216 Å². The predicted octanol–water partition coefficient (Wildman–Crippen LogP) is -2.44. The number of hydrogen-bond acceptors (Lipinski definition) is 2. The highest BCUT2D eigenvalue weighted by molar-refractivity contribution is 6.73. The lowest BCUT2D eigenvalue weighted by Crippen LogP contribution is -2.70. The Balaban J connectivity index is 1.81. The van der Waals surface area contributed by atoms with Crippen LogP contribution in [-0.2, 0) is 16.0 Å². The second kappa shape index (κ2) is 7.45. The van der Waals surface area contributed by atoms with Crippen LogP contribution in [-0.4, -0.2) is 128 Å². The molecule has 34 heavy (non-hydrogen) atoms. The molecule has 1 saturated carbocycles. The van der Waals surface area contributed by atoms with Crippen LogP contribution in [0.5, 0.6) is 0 Å². The highest BCUT2D eigenvalue weighted by Gasteiger charge is 2.71. The Bertz CT molecular complexity index is 1030. The molecule has 2 aliphatic heterocycles. The van der Waals surface area contributed by atoms with Crippen LogP contribution in [0.4, 0.5) is 0 Å². The van der Waals surface area contributed by atoms with E-state index in [1.54, 1.807) is 4.90 Å². The fourth-order valence-electron chi connectivity index (χ4n) is 5.45. The third-order valence-corrected chi connectivity index (χ3v) is 8.12. The summed E-state index contributed by atoms with van der Waals surface area (Å²) in [5.41, 5.74) is 1.96. The molecule has 3 aliphatic rings. The third kappa shape index (κ3) is 2.82. The number of hydrogen-bond donors (Lipinski definition) is 0. The predicted molar refractivity (Wildman–Crippen MR) is 141 cm³/mol. The summed E-state index contributed by atoms with van der Waals surface area (Å²) in [5, 5.41) is -15.5. The van der Waals surface area contributed by atoms with E-state index in [-0.39, 0.29) is 19.0 Å². The lowest BCUT2D eigenvalue weighted by atomic mass is 8.96. The molecule has 4 rings (SSSR count). The Morgan fingerprint density at radius 1 is 0.794 bits per heavy atom. The summed E-state index contributed by atoms with van der Waals surface area (Å²) >= 11 is 0. The van der Waals surface area contributed by atoms with E-state index in [0.29, 0.717) is 13.0 Å². The van der Waals surface area contributed by atoms with Crippen molar-refractivity contribution in [3.63, 3.8) is 0 Å². The number of carbonyl (C=O) groups is 2. The minimum atomic E-state index is -2.70. The van der Waals surface area contributed by atoms with Gasteiger partial charge >= 0.3 is 0 Å². The molecule has 1 unspecified atom stereocenters. The number of amides is 2. The van der Waals surface area contributed by atoms with Gasteiger partial charge in [-0.15, -0.1) is 26.1 Å². The van der Waals surface area contributed by atoms with Crippen LogP contribution in [0.3, 0.4) is 0 Å². The number of nitrogens with zero attached hydrogens (tertiary/aromatic N) is 2. The standard InChI is InChI=1S/C19H13B11N2O2/c20-14(15(21,22)17(25,26)19(29,30)18(27,28)16(14,23)24)13(34)31-7-11-10-4-2-1-3-9(10)5-6-32(11)12(33)8-31/h1-4,11H,5-8H2. The summed E-state index contributed by atoms with van der Waals surface area (Å²) in [6, 6.07) is 7.18. The zero-order valence-corrected chi connectivity index (χ0v) is 18.8. The number of rotatable bonds is 1. The van der Waals surface area contributed by atoms with Crippen LogP contribution in [0.15, 0.2) is 24.3 Å². The molecule has 1 aliphatic carbocycles. The lowest BCUT2D eigenvalue weighted by Gasteiger charge is -2.81. The van der Waals surface area contributed by atoms with Crippen molar-refractivity contribution in [1.29, 1.82) is 0 Å². The maximum absolute atomic E-state index is 14.0. The third-order valence-electron chi connectivity index (χ3n) is 8.12. The first-order valence-corrected chi connectivity index (χ1v) is 10.7. The van der Waals surface area contributed by atoms with Crippen LogP contribution in [0, 0.1) is 0 Å². The minimum Gasteiger partial charge on any atom is -0.332 e. The Kier molecular flexibility index (Phi) is 5.68. The molecule has 0 spiro atoms. The summed E-state index contributed by atoms with van der Waals surface area (Å²) in [4.78, 5) is 29.9. The normalized spacial score (nSPS) is 29.4. The second-order valence-electron chi connectivity index (χ2n) is 9.89. The van der Waals surface area contributed by atoms with Gasteiger partial charge in [0.2, 0.25) is 11.8 Å². The molecule has 22 radical (unpaired) electrons. The molecule has 2 fully saturated rings. The van der Waals surface area contributed by atoms with E-state index >= 15 is 0 Å². The van der Waals surface area contributed by atoms with Crippen LogP contribution in [0.1, 0.15) is 17.2 Å². The first-order valence-electron chi connectivity index (χ1n) is 10.7. The molecule has 144 valence electrons. The first kappa shape index (κ1) is 26.0. The summed E-state index contributed by atoms with van der Waals surface area (Å²) in [6.45, 7) is 0.203. The van der Waals surface area contributed by atoms with Crippen molar-refractivity contribution in [2.24, 2.45) is 0 Å². The second-order valence-corrected chi connectivity index (χ2v) is 9.89. The minimum absolute atomic E-state index is 0.0490. The Hall–Kier alpha value is -1.13. The van der Waals surface area contributed by atoms with Gasteiger partial charge < -0.3 is 9.80 Å². The largest absolute Gasteiger partial charge is 0.332 e. The lowest BCUT2D eigenvalue weighted by molar-refractivity contribution is -0.152. The monoisotopic (exact) mass is 422 g/mol. The summed E-state index contributed by atoms with van der Waals surface area (Å²) < 4.78 is 0. The van der Waals surface area contributed by atoms with Crippen molar-refractivity contribution in [3.05, 3.63) is 35.4 Å². The quantitative estimate of drug-likeness (QED) is 0.474. The van der Waals surface area contributed by atoms with Crippen LogP contribution < -0.4 is 0 Å².